The number of fused-ring (bicyclic) bond motifs is 8. The number of furan rings is 1. The number of benzene rings is 8. The van der Waals surface area contributed by atoms with Crippen LogP contribution < -0.4 is 0 Å². The summed E-state index contributed by atoms with van der Waals surface area (Å²) in [6, 6.07) is 55.0. The predicted octanol–water partition coefficient (Wildman–Crippen LogP) is 12.4. The van der Waals surface area contributed by atoms with Gasteiger partial charge in [-0.15, -0.1) is 0 Å². The Morgan fingerprint density at radius 1 is 0.358 bits per heavy atom. The Kier molecular flexibility index (Phi) is 6.48. The molecular weight excluding hydrogens is 649 g/mol. The van der Waals surface area contributed by atoms with Crippen molar-refractivity contribution in [2.24, 2.45) is 0 Å². The standard InChI is InChI=1S/C48H28N4O/c1-3-9-31-25-34(17-15-29(31)7-1)46-50-47(35-18-16-30-8-2-4-10-32(30)26-35)52-48(51-46)41-14-6-12-39-37(11-5-13-40(39)41)33-19-21-42-44(27-33)53-43-22-20-36-28-49-24-23-38(36)45(42)43/h1-28H. The second-order valence-corrected chi connectivity index (χ2v) is 13.5. The van der Waals surface area contributed by atoms with E-state index in [0.717, 1.165) is 82.1 Å². The molecule has 0 radical (unpaired) electrons. The molecule has 0 N–H and O–H groups in total. The Morgan fingerprint density at radius 3 is 1.68 bits per heavy atom. The molecule has 0 spiro atoms. The molecule has 0 saturated heterocycles. The van der Waals surface area contributed by atoms with Crippen LogP contribution >= 0.6 is 0 Å². The Labute approximate surface area is 303 Å². The van der Waals surface area contributed by atoms with Crippen molar-refractivity contribution in [2.45, 2.75) is 0 Å². The summed E-state index contributed by atoms with van der Waals surface area (Å²) in [7, 11) is 0. The lowest BCUT2D eigenvalue weighted by atomic mass is 9.94. The first-order valence-electron chi connectivity index (χ1n) is 17.7. The molecule has 0 aliphatic carbocycles. The topological polar surface area (TPSA) is 64.7 Å². The molecule has 0 aliphatic rings. The summed E-state index contributed by atoms with van der Waals surface area (Å²) in [5.74, 6) is 1.90. The van der Waals surface area contributed by atoms with Gasteiger partial charge in [0.2, 0.25) is 0 Å². The van der Waals surface area contributed by atoms with Gasteiger partial charge in [0, 0.05) is 45.2 Å². The van der Waals surface area contributed by atoms with Gasteiger partial charge in [-0.25, -0.2) is 15.0 Å². The lowest BCUT2D eigenvalue weighted by molar-refractivity contribution is 0.669. The molecule has 5 nitrogen and oxygen atoms in total. The minimum absolute atomic E-state index is 0.628. The van der Waals surface area contributed by atoms with E-state index in [2.05, 4.69) is 157 Å². The second kappa shape index (κ2) is 11.7. The van der Waals surface area contributed by atoms with Crippen molar-refractivity contribution in [1.82, 2.24) is 19.9 Å². The fourth-order valence-electron chi connectivity index (χ4n) is 7.78. The number of rotatable bonds is 4. The Bertz CT molecular complexity index is 3160. The molecule has 11 aromatic rings. The van der Waals surface area contributed by atoms with Gasteiger partial charge in [-0.05, 0) is 91.3 Å². The summed E-state index contributed by atoms with van der Waals surface area (Å²) in [5, 5.41) is 11.2. The van der Waals surface area contributed by atoms with E-state index in [9.17, 15) is 0 Å². The average Bonchev–Trinajstić information content (AvgIpc) is 3.61. The smallest absolute Gasteiger partial charge is 0.164 e. The monoisotopic (exact) mass is 676 g/mol. The summed E-state index contributed by atoms with van der Waals surface area (Å²) >= 11 is 0. The van der Waals surface area contributed by atoms with Crippen LogP contribution in [0.25, 0.3) is 110 Å². The Morgan fingerprint density at radius 2 is 0.962 bits per heavy atom. The van der Waals surface area contributed by atoms with Crippen LogP contribution in [0.4, 0.5) is 0 Å². The van der Waals surface area contributed by atoms with Crippen LogP contribution in [0.5, 0.6) is 0 Å². The van der Waals surface area contributed by atoms with Gasteiger partial charge in [-0.1, -0.05) is 115 Å². The molecule has 5 heteroatoms. The van der Waals surface area contributed by atoms with Crippen molar-refractivity contribution in [2.75, 3.05) is 0 Å². The van der Waals surface area contributed by atoms with E-state index < -0.39 is 0 Å². The van der Waals surface area contributed by atoms with Crippen LogP contribution in [0, 0.1) is 0 Å². The third-order valence-electron chi connectivity index (χ3n) is 10.4. The van der Waals surface area contributed by atoms with E-state index in [1.54, 1.807) is 0 Å². The van der Waals surface area contributed by atoms with Crippen molar-refractivity contribution < 1.29 is 4.42 Å². The maximum absolute atomic E-state index is 6.44. The third-order valence-corrected chi connectivity index (χ3v) is 10.4. The molecule has 11 rings (SSSR count). The molecule has 53 heavy (non-hydrogen) atoms. The van der Waals surface area contributed by atoms with Gasteiger partial charge in [0.1, 0.15) is 11.2 Å². The summed E-state index contributed by atoms with van der Waals surface area (Å²) < 4.78 is 6.44. The lowest BCUT2D eigenvalue weighted by Gasteiger charge is -2.13. The van der Waals surface area contributed by atoms with Crippen molar-refractivity contribution in [1.29, 1.82) is 0 Å². The number of hydrogen-bond acceptors (Lipinski definition) is 5. The second-order valence-electron chi connectivity index (χ2n) is 13.5. The van der Waals surface area contributed by atoms with Crippen LogP contribution in [0.1, 0.15) is 0 Å². The average molecular weight is 677 g/mol. The third kappa shape index (κ3) is 4.86. The van der Waals surface area contributed by atoms with Crippen molar-refractivity contribution in [3.8, 4) is 45.3 Å². The van der Waals surface area contributed by atoms with E-state index in [1.807, 2.05) is 18.5 Å². The summed E-state index contributed by atoms with van der Waals surface area (Å²) in [6.45, 7) is 0. The molecule has 0 unspecified atom stereocenters. The largest absolute Gasteiger partial charge is 0.456 e. The maximum atomic E-state index is 6.44. The van der Waals surface area contributed by atoms with E-state index >= 15 is 0 Å². The quantitative estimate of drug-likeness (QED) is 0.186. The minimum atomic E-state index is 0.628. The highest BCUT2D eigenvalue weighted by molar-refractivity contribution is 6.19. The zero-order valence-corrected chi connectivity index (χ0v) is 28.4. The number of pyridine rings is 1. The van der Waals surface area contributed by atoms with Crippen molar-refractivity contribution in [3.63, 3.8) is 0 Å². The molecule has 3 aromatic heterocycles. The zero-order chi connectivity index (χ0) is 34.9. The first-order chi connectivity index (χ1) is 26.2. The molecule has 8 aromatic carbocycles. The fraction of sp³-hybridized carbons (Fsp3) is 0. The van der Waals surface area contributed by atoms with Gasteiger partial charge in [-0.2, -0.15) is 0 Å². The SMILES string of the molecule is c1ccc2cc(-c3nc(-c4ccc5ccccc5c4)nc(-c4cccc5c(-c6ccc7c(c6)oc6ccc8cnccc8c67)cccc45)n3)ccc2c1. The first kappa shape index (κ1) is 29.5. The van der Waals surface area contributed by atoms with Crippen LogP contribution in [-0.2, 0) is 0 Å². The van der Waals surface area contributed by atoms with Crippen LogP contribution in [0.15, 0.2) is 175 Å². The van der Waals surface area contributed by atoms with Crippen molar-refractivity contribution in [3.05, 3.63) is 170 Å². The molecule has 0 saturated carbocycles. The van der Waals surface area contributed by atoms with Gasteiger partial charge >= 0.3 is 0 Å². The fourth-order valence-corrected chi connectivity index (χ4v) is 7.78. The summed E-state index contributed by atoms with van der Waals surface area (Å²) in [4.78, 5) is 19.7. The maximum Gasteiger partial charge on any atom is 0.164 e. The van der Waals surface area contributed by atoms with Crippen LogP contribution in [0.2, 0.25) is 0 Å². The highest BCUT2D eigenvalue weighted by atomic mass is 16.3. The van der Waals surface area contributed by atoms with Gasteiger partial charge in [0.05, 0.1) is 0 Å². The van der Waals surface area contributed by atoms with Crippen LogP contribution in [-0.4, -0.2) is 19.9 Å². The van der Waals surface area contributed by atoms with E-state index in [4.69, 9.17) is 19.4 Å². The lowest BCUT2D eigenvalue weighted by Crippen LogP contribution is -2.00. The summed E-state index contributed by atoms with van der Waals surface area (Å²) in [6.07, 6.45) is 3.74. The minimum Gasteiger partial charge on any atom is -0.456 e. The van der Waals surface area contributed by atoms with Crippen molar-refractivity contribution >= 4 is 65.0 Å². The molecule has 0 amide bonds. The van der Waals surface area contributed by atoms with Gasteiger partial charge in [0.25, 0.3) is 0 Å². The molecule has 0 aliphatic heterocycles. The Balaban J connectivity index is 1.09. The highest BCUT2D eigenvalue weighted by Crippen LogP contribution is 2.39. The molecule has 0 bridgehead atoms. The first-order valence-corrected chi connectivity index (χ1v) is 17.7. The van der Waals surface area contributed by atoms with Gasteiger partial charge in [-0.3, -0.25) is 4.98 Å². The van der Waals surface area contributed by atoms with E-state index in [1.165, 1.54) is 10.8 Å². The van der Waals surface area contributed by atoms with E-state index in [0.29, 0.717) is 17.5 Å². The molecule has 246 valence electrons. The molecule has 3 heterocycles. The number of hydrogen-bond donors (Lipinski definition) is 0. The molecule has 0 fully saturated rings. The van der Waals surface area contributed by atoms with Gasteiger partial charge < -0.3 is 4.42 Å². The number of nitrogens with zero attached hydrogens (tertiary/aromatic N) is 4. The highest BCUT2D eigenvalue weighted by Gasteiger charge is 2.17. The normalized spacial score (nSPS) is 11.8. The number of aromatic nitrogens is 4. The Hall–Kier alpha value is -7.24. The van der Waals surface area contributed by atoms with E-state index in [-0.39, 0.29) is 0 Å². The molecular formula is C48H28N4O. The van der Waals surface area contributed by atoms with Gasteiger partial charge in [0.15, 0.2) is 17.5 Å². The summed E-state index contributed by atoms with van der Waals surface area (Å²) in [5.41, 5.74) is 6.74. The zero-order valence-electron chi connectivity index (χ0n) is 28.4. The van der Waals surface area contributed by atoms with Crippen LogP contribution in [0.3, 0.4) is 0 Å². The predicted molar refractivity (Wildman–Crippen MR) is 217 cm³/mol. The molecule has 0 atom stereocenters.